The van der Waals surface area contributed by atoms with E-state index in [4.69, 9.17) is 0 Å². The summed E-state index contributed by atoms with van der Waals surface area (Å²) in [6.45, 7) is 3.76. The minimum atomic E-state index is -0.450. The molecule has 3 aromatic rings. The van der Waals surface area contributed by atoms with Gasteiger partial charge in [0.2, 0.25) is 0 Å². The number of aryl methyl sites for hydroxylation is 1. The number of halogens is 2. The van der Waals surface area contributed by atoms with Crippen molar-refractivity contribution in [2.45, 2.75) is 19.4 Å². The van der Waals surface area contributed by atoms with E-state index in [1.54, 1.807) is 30.3 Å². The molecule has 1 atom stereocenters. The summed E-state index contributed by atoms with van der Waals surface area (Å²) in [7, 11) is 0. The Bertz CT molecular complexity index is 1210. The van der Waals surface area contributed by atoms with Gasteiger partial charge in [-0.1, -0.05) is 11.3 Å². The molecule has 0 spiro atoms. The predicted octanol–water partition coefficient (Wildman–Crippen LogP) is 3.26. The van der Waals surface area contributed by atoms with Gasteiger partial charge in [-0.25, -0.2) is 23.6 Å². The first-order valence-corrected chi connectivity index (χ1v) is 11.2. The number of hydrogen-bond acceptors (Lipinski definition) is 8. The van der Waals surface area contributed by atoms with E-state index in [0.717, 1.165) is 11.2 Å². The van der Waals surface area contributed by atoms with Gasteiger partial charge in [-0.3, -0.25) is 4.98 Å². The molecular formula is C21H20F2N8OS. The van der Waals surface area contributed by atoms with Crippen LogP contribution in [0.1, 0.15) is 23.0 Å². The Hall–Kier alpha value is -3.54. The predicted molar refractivity (Wildman–Crippen MR) is 119 cm³/mol. The smallest absolute Gasteiger partial charge is 0.341 e. The maximum atomic E-state index is 14.3. The highest BCUT2D eigenvalue weighted by Crippen LogP contribution is 2.30. The third kappa shape index (κ3) is 4.25. The van der Waals surface area contributed by atoms with Gasteiger partial charge in [0.25, 0.3) is 0 Å². The summed E-state index contributed by atoms with van der Waals surface area (Å²) < 4.78 is 27.9. The lowest BCUT2D eigenvalue weighted by atomic mass is 10.1. The van der Waals surface area contributed by atoms with Gasteiger partial charge in [0, 0.05) is 45.0 Å². The highest BCUT2D eigenvalue weighted by molar-refractivity contribution is 7.14. The van der Waals surface area contributed by atoms with Crippen molar-refractivity contribution < 1.29 is 13.6 Å². The maximum absolute atomic E-state index is 14.3. The van der Waals surface area contributed by atoms with Gasteiger partial charge in [0.1, 0.15) is 22.3 Å². The average Bonchev–Trinajstić information content (AvgIpc) is 3.48. The van der Waals surface area contributed by atoms with Gasteiger partial charge in [0.15, 0.2) is 10.8 Å². The second-order valence-corrected chi connectivity index (χ2v) is 8.90. The summed E-state index contributed by atoms with van der Waals surface area (Å²) in [5, 5.41) is 14.7. The van der Waals surface area contributed by atoms with E-state index in [1.165, 1.54) is 28.5 Å². The Morgan fingerprint density at radius 1 is 1.12 bits per heavy atom. The number of carbonyl (C=O) groups excluding carboxylic acids is 1. The van der Waals surface area contributed by atoms with Crippen LogP contribution < -0.4 is 4.90 Å². The third-order valence-electron chi connectivity index (χ3n) is 5.57. The molecule has 0 bridgehead atoms. The van der Waals surface area contributed by atoms with Gasteiger partial charge >= 0.3 is 6.03 Å². The van der Waals surface area contributed by atoms with Crippen LogP contribution in [0.5, 0.6) is 0 Å². The number of hydrazone groups is 1. The van der Waals surface area contributed by atoms with E-state index in [0.29, 0.717) is 49.0 Å². The van der Waals surface area contributed by atoms with Crippen LogP contribution in [-0.4, -0.2) is 68.5 Å². The topological polar surface area (TPSA) is 90.7 Å². The summed E-state index contributed by atoms with van der Waals surface area (Å²) in [4.78, 5) is 25.2. The van der Waals surface area contributed by atoms with Crippen molar-refractivity contribution in [2.75, 3.05) is 31.1 Å². The molecule has 0 aliphatic carbocycles. The summed E-state index contributed by atoms with van der Waals surface area (Å²) in [6.07, 6.45) is 4.84. The van der Waals surface area contributed by atoms with E-state index in [2.05, 4.69) is 25.3 Å². The Balaban J connectivity index is 1.26. The van der Waals surface area contributed by atoms with Crippen LogP contribution in [0.15, 0.2) is 35.7 Å². The molecule has 0 saturated carbocycles. The van der Waals surface area contributed by atoms with Gasteiger partial charge in [-0.2, -0.15) is 5.10 Å². The summed E-state index contributed by atoms with van der Waals surface area (Å²) >= 11 is 1.28. The Morgan fingerprint density at radius 2 is 1.94 bits per heavy atom. The highest BCUT2D eigenvalue weighted by atomic mass is 32.1. The van der Waals surface area contributed by atoms with Gasteiger partial charge in [-0.15, -0.1) is 10.2 Å². The first kappa shape index (κ1) is 21.3. The van der Waals surface area contributed by atoms with Gasteiger partial charge < -0.3 is 9.80 Å². The second kappa shape index (κ2) is 8.77. The number of carbonyl (C=O) groups is 1. The molecule has 5 rings (SSSR count). The zero-order chi connectivity index (χ0) is 22.9. The highest BCUT2D eigenvalue weighted by Gasteiger charge is 2.33. The molecule has 2 aliphatic rings. The molecule has 12 heteroatoms. The molecular weight excluding hydrogens is 450 g/mol. The molecule has 33 heavy (non-hydrogen) atoms. The monoisotopic (exact) mass is 470 g/mol. The van der Waals surface area contributed by atoms with Crippen LogP contribution in [0.4, 0.5) is 19.4 Å². The third-order valence-corrected chi connectivity index (χ3v) is 6.42. The molecule has 170 valence electrons. The summed E-state index contributed by atoms with van der Waals surface area (Å²) in [6, 6.07) is 3.76. The standard InChI is InChI=1S/C21H20F2N8OS/c1-13-27-28-20(33-13)19-16(23)2-3-18(26-19)29-6-8-30(9-7-29)21(32)31-17(4-5-25-31)14-10-15(22)12-24-11-14/h2-3,5,10-12,17H,4,6-9H2,1H3. The van der Waals surface area contributed by atoms with E-state index in [-0.39, 0.29) is 17.8 Å². The van der Waals surface area contributed by atoms with Crippen LogP contribution in [0.3, 0.4) is 0 Å². The molecule has 1 saturated heterocycles. The van der Waals surface area contributed by atoms with Crippen molar-refractivity contribution in [3.05, 3.63) is 52.8 Å². The summed E-state index contributed by atoms with van der Waals surface area (Å²) in [5.41, 5.74) is 0.781. The summed E-state index contributed by atoms with van der Waals surface area (Å²) in [5.74, 6) is -0.280. The fourth-order valence-corrected chi connectivity index (χ4v) is 4.59. The lowest BCUT2D eigenvalue weighted by Gasteiger charge is -2.37. The van der Waals surface area contributed by atoms with Crippen LogP contribution in [0.2, 0.25) is 0 Å². The van der Waals surface area contributed by atoms with Crippen LogP contribution in [-0.2, 0) is 0 Å². The fourth-order valence-electron chi connectivity index (χ4n) is 3.91. The van der Waals surface area contributed by atoms with E-state index < -0.39 is 11.6 Å². The number of hydrogen-bond donors (Lipinski definition) is 0. The zero-order valence-corrected chi connectivity index (χ0v) is 18.5. The van der Waals surface area contributed by atoms with Crippen molar-refractivity contribution >= 4 is 29.4 Å². The van der Waals surface area contributed by atoms with Crippen LogP contribution in [0, 0.1) is 18.6 Å². The molecule has 3 aromatic heterocycles. The van der Waals surface area contributed by atoms with E-state index >= 15 is 0 Å². The van der Waals surface area contributed by atoms with Crippen LogP contribution in [0.25, 0.3) is 10.7 Å². The molecule has 9 nitrogen and oxygen atoms in total. The first-order valence-electron chi connectivity index (χ1n) is 10.4. The maximum Gasteiger partial charge on any atom is 0.341 e. The number of amides is 2. The number of rotatable bonds is 3. The van der Waals surface area contributed by atoms with Crippen molar-refractivity contribution in [3.63, 3.8) is 0 Å². The quantitative estimate of drug-likeness (QED) is 0.584. The fraction of sp³-hybridized carbons (Fsp3) is 0.333. The van der Waals surface area contributed by atoms with Crippen molar-refractivity contribution in [1.29, 1.82) is 0 Å². The lowest BCUT2D eigenvalue weighted by molar-refractivity contribution is 0.139. The van der Waals surface area contributed by atoms with E-state index in [9.17, 15) is 13.6 Å². The van der Waals surface area contributed by atoms with Crippen molar-refractivity contribution in [3.8, 4) is 10.7 Å². The van der Waals surface area contributed by atoms with Gasteiger partial charge in [0.05, 0.1) is 12.2 Å². The zero-order valence-electron chi connectivity index (χ0n) is 17.7. The molecule has 1 fully saturated rings. The second-order valence-electron chi connectivity index (χ2n) is 7.71. The molecule has 2 amide bonds. The largest absolute Gasteiger partial charge is 0.353 e. The Labute approximate surface area is 192 Å². The Kier molecular flexibility index (Phi) is 5.67. The van der Waals surface area contributed by atoms with Gasteiger partial charge in [-0.05, 0) is 30.7 Å². The molecule has 0 N–H and O–H groups in total. The number of aromatic nitrogens is 4. The SMILES string of the molecule is Cc1nnc(-c2nc(N3CCN(C(=O)N4N=CCC4c4cncc(F)c4)CC3)ccc2F)s1. The molecule has 2 aliphatic heterocycles. The molecule has 5 heterocycles. The van der Waals surface area contributed by atoms with E-state index in [1.807, 2.05) is 4.90 Å². The minimum absolute atomic E-state index is 0.176. The van der Waals surface area contributed by atoms with Crippen molar-refractivity contribution in [2.24, 2.45) is 5.10 Å². The average molecular weight is 471 g/mol. The number of urea groups is 1. The number of anilines is 1. The minimum Gasteiger partial charge on any atom is -0.353 e. The van der Waals surface area contributed by atoms with Crippen LogP contribution >= 0.6 is 11.3 Å². The molecule has 1 unspecified atom stereocenters. The lowest BCUT2D eigenvalue weighted by Crippen LogP contribution is -2.52. The number of piperazine rings is 1. The number of nitrogens with zero attached hydrogens (tertiary/aromatic N) is 8. The van der Waals surface area contributed by atoms with Crippen molar-refractivity contribution in [1.82, 2.24) is 30.1 Å². The molecule has 0 aromatic carbocycles. The Morgan fingerprint density at radius 3 is 2.67 bits per heavy atom. The number of pyridine rings is 2. The normalized spacial score (nSPS) is 18.3. The first-order chi connectivity index (χ1) is 16.0. The molecule has 0 radical (unpaired) electrons.